The number of hydrogen-bond donors (Lipinski definition) is 1. The van der Waals surface area contributed by atoms with Crippen molar-refractivity contribution in [3.8, 4) is 5.75 Å². The second kappa shape index (κ2) is 6.37. The van der Waals surface area contributed by atoms with E-state index in [2.05, 4.69) is 42.4 Å². The summed E-state index contributed by atoms with van der Waals surface area (Å²) in [5.74, 6) is 2.42. The minimum atomic E-state index is 0.636. The largest absolute Gasteiger partial charge is 0.494 e. The first kappa shape index (κ1) is 14.9. The van der Waals surface area contributed by atoms with E-state index in [-0.39, 0.29) is 0 Å². The van der Waals surface area contributed by atoms with Gasteiger partial charge < -0.3 is 15.0 Å². The van der Waals surface area contributed by atoms with Gasteiger partial charge in [0, 0.05) is 25.7 Å². The van der Waals surface area contributed by atoms with Crippen LogP contribution in [0.4, 0.5) is 0 Å². The van der Waals surface area contributed by atoms with E-state index in [1.54, 1.807) is 0 Å². The fourth-order valence-electron chi connectivity index (χ4n) is 4.13. The van der Waals surface area contributed by atoms with E-state index in [9.17, 15) is 0 Å². The number of nitrogens with one attached hydrogen (secondary N) is 1. The Morgan fingerprint density at radius 1 is 1.38 bits per heavy atom. The molecule has 1 aromatic carbocycles. The SMILES string of the molecule is CCOc1ccc2c(c1)CCC(C1CNCCN1C)C2C. The second-order valence-electron chi connectivity index (χ2n) is 6.54. The third-order valence-corrected chi connectivity index (χ3v) is 5.36. The summed E-state index contributed by atoms with van der Waals surface area (Å²) in [4.78, 5) is 2.55. The Hall–Kier alpha value is -1.06. The van der Waals surface area contributed by atoms with Gasteiger partial charge in [0.15, 0.2) is 0 Å². The van der Waals surface area contributed by atoms with E-state index in [4.69, 9.17) is 4.74 Å². The van der Waals surface area contributed by atoms with Crippen LogP contribution in [0.25, 0.3) is 0 Å². The van der Waals surface area contributed by atoms with Crippen molar-refractivity contribution in [1.82, 2.24) is 10.2 Å². The molecule has 3 atom stereocenters. The molecule has 1 fully saturated rings. The predicted molar refractivity (Wildman–Crippen MR) is 87.1 cm³/mol. The van der Waals surface area contributed by atoms with Gasteiger partial charge in [-0.05, 0) is 61.9 Å². The molecule has 1 N–H and O–H groups in total. The highest BCUT2D eigenvalue weighted by atomic mass is 16.5. The standard InChI is InChI=1S/C18H28N2O/c1-4-21-15-6-8-16-13(2)17(7-5-14(16)11-15)18-12-19-9-10-20(18)3/h6,8,11,13,17-19H,4-5,7,9-10,12H2,1-3H3. The lowest BCUT2D eigenvalue weighted by Crippen LogP contribution is -2.54. The molecule has 1 aliphatic carbocycles. The van der Waals surface area contributed by atoms with E-state index in [1.165, 1.54) is 30.5 Å². The summed E-state index contributed by atoms with van der Waals surface area (Å²) in [6, 6.07) is 7.37. The highest BCUT2D eigenvalue weighted by Gasteiger charge is 2.35. The molecule has 2 aliphatic rings. The Kier molecular flexibility index (Phi) is 4.51. The minimum absolute atomic E-state index is 0.636. The summed E-state index contributed by atoms with van der Waals surface area (Å²) in [6.45, 7) is 8.63. The zero-order valence-electron chi connectivity index (χ0n) is 13.6. The van der Waals surface area contributed by atoms with Gasteiger partial charge in [-0.15, -0.1) is 0 Å². The van der Waals surface area contributed by atoms with Gasteiger partial charge in [-0.3, -0.25) is 0 Å². The van der Waals surface area contributed by atoms with Gasteiger partial charge in [0.05, 0.1) is 6.61 Å². The molecule has 21 heavy (non-hydrogen) atoms. The van der Waals surface area contributed by atoms with Crippen LogP contribution in [-0.4, -0.2) is 44.2 Å². The quantitative estimate of drug-likeness (QED) is 0.925. The molecule has 1 aromatic rings. The average Bonchev–Trinajstić information content (AvgIpc) is 2.49. The number of aryl methyl sites for hydroxylation is 1. The van der Waals surface area contributed by atoms with E-state index >= 15 is 0 Å². The van der Waals surface area contributed by atoms with Gasteiger partial charge in [-0.25, -0.2) is 0 Å². The Bertz CT molecular complexity index is 488. The molecule has 0 spiro atoms. The summed E-state index contributed by atoms with van der Waals surface area (Å²) < 4.78 is 5.65. The summed E-state index contributed by atoms with van der Waals surface area (Å²) in [5.41, 5.74) is 3.03. The number of ether oxygens (including phenoxy) is 1. The first-order chi connectivity index (χ1) is 10.2. The maximum absolute atomic E-state index is 5.65. The van der Waals surface area contributed by atoms with Gasteiger partial charge in [-0.1, -0.05) is 13.0 Å². The van der Waals surface area contributed by atoms with Crippen molar-refractivity contribution in [2.75, 3.05) is 33.3 Å². The average molecular weight is 288 g/mol. The zero-order valence-corrected chi connectivity index (χ0v) is 13.6. The fourth-order valence-corrected chi connectivity index (χ4v) is 4.13. The third kappa shape index (κ3) is 2.95. The molecular formula is C18H28N2O. The predicted octanol–water partition coefficient (Wildman–Crippen LogP) is 2.65. The number of rotatable bonds is 3. The molecule has 3 nitrogen and oxygen atoms in total. The number of nitrogens with zero attached hydrogens (tertiary/aromatic N) is 1. The van der Waals surface area contributed by atoms with Crippen molar-refractivity contribution in [2.45, 2.75) is 38.6 Å². The molecule has 0 bridgehead atoms. The van der Waals surface area contributed by atoms with Gasteiger partial charge in [-0.2, -0.15) is 0 Å². The smallest absolute Gasteiger partial charge is 0.119 e. The van der Waals surface area contributed by atoms with Crippen molar-refractivity contribution in [2.24, 2.45) is 5.92 Å². The molecule has 1 aliphatic heterocycles. The number of piperazine rings is 1. The van der Waals surface area contributed by atoms with Crippen LogP contribution in [0, 0.1) is 5.92 Å². The van der Waals surface area contributed by atoms with Crippen LogP contribution in [0.5, 0.6) is 5.75 Å². The highest BCUT2D eigenvalue weighted by Crippen LogP contribution is 2.40. The summed E-state index contributed by atoms with van der Waals surface area (Å²) in [5, 5.41) is 3.57. The lowest BCUT2D eigenvalue weighted by molar-refractivity contribution is 0.119. The molecule has 3 rings (SSSR count). The van der Waals surface area contributed by atoms with E-state index in [0.29, 0.717) is 12.0 Å². The molecule has 0 radical (unpaired) electrons. The number of fused-ring (bicyclic) bond motifs is 1. The Morgan fingerprint density at radius 2 is 2.24 bits per heavy atom. The topological polar surface area (TPSA) is 24.5 Å². The first-order valence-corrected chi connectivity index (χ1v) is 8.37. The van der Waals surface area contributed by atoms with Crippen molar-refractivity contribution in [3.05, 3.63) is 29.3 Å². The van der Waals surface area contributed by atoms with Crippen molar-refractivity contribution < 1.29 is 4.74 Å². The Balaban J connectivity index is 1.80. The zero-order chi connectivity index (χ0) is 14.8. The first-order valence-electron chi connectivity index (χ1n) is 8.37. The molecule has 0 aromatic heterocycles. The Morgan fingerprint density at radius 3 is 3.00 bits per heavy atom. The molecule has 1 heterocycles. The highest BCUT2D eigenvalue weighted by molar-refractivity contribution is 5.40. The minimum Gasteiger partial charge on any atom is -0.494 e. The van der Waals surface area contributed by atoms with E-state index in [1.807, 2.05) is 6.92 Å². The van der Waals surface area contributed by atoms with Crippen molar-refractivity contribution >= 4 is 0 Å². The van der Waals surface area contributed by atoms with Gasteiger partial charge >= 0.3 is 0 Å². The molecule has 1 saturated heterocycles. The van der Waals surface area contributed by atoms with E-state index < -0.39 is 0 Å². The van der Waals surface area contributed by atoms with Gasteiger partial charge in [0.25, 0.3) is 0 Å². The van der Waals surface area contributed by atoms with Crippen LogP contribution in [0.3, 0.4) is 0 Å². The summed E-state index contributed by atoms with van der Waals surface area (Å²) >= 11 is 0. The van der Waals surface area contributed by atoms with Crippen LogP contribution in [0.2, 0.25) is 0 Å². The van der Waals surface area contributed by atoms with Crippen LogP contribution < -0.4 is 10.1 Å². The van der Waals surface area contributed by atoms with E-state index in [0.717, 1.165) is 31.4 Å². The third-order valence-electron chi connectivity index (χ3n) is 5.36. The maximum atomic E-state index is 5.65. The molecule has 116 valence electrons. The van der Waals surface area contributed by atoms with Gasteiger partial charge in [0.2, 0.25) is 0 Å². The Labute approximate surface area is 128 Å². The van der Waals surface area contributed by atoms with Crippen LogP contribution in [-0.2, 0) is 6.42 Å². The summed E-state index contributed by atoms with van der Waals surface area (Å²) in [6.07, 6.45) is 2.48. The molecule has 3 unspecified atom stereocenters. The molecule has 0 saturated carbocycles. The number of likely N-dealkylation sites (N-methyl/N-ethyl adjacent to an activating group) is 1. The van der Waals surface area contributed by atoms with Crippen LogP contribution in [0.1, 0.15) is 37.3 Å². The second-order valence-corrected chi connectivity index (χ2v) is 6.54. The summed E-state index contributed by atoms with van der Waals surface area (Å²) in [7, 11) is 2.28. The lowest BCUT2D eigenvalue weighted by Gasteiger charge is -2.43. The maximum Gasteiger partial charge on any atom is 0.119 e. The normalized spacial score (nSPS) is 30.0. The fraction of sp³-hybridized carbons (Fsp3) is 0.667. The number of benzene rings is 1. The van der Waals surface area contributed by atoms with Crippen molar-refractivity contribution in [3.63, 3.8) is 0 Å². The monoisotopic (exact) mass is 288 g/mol. The van der Waals surface area contributed by atoms with Gasteiger partial charge in [0.1, 0.15) is 5.75 Å². The number of hydrogen-bond acceptors (Lipinski definition) is 3. The molecular weight excluding hydrogens is 260 g/mol. The van der Waals surface area contributed by atoms with Crippen molar-refractivity contribution in [1.29, 1.82) is 0 Å². The van der Waals surface area contributed by atoms with Crippen LogP contribution in [0.15, 0.2) is 18.2 Å². The van der Waals surface area contributed by atoms with Crippen LogP contribution >= 0.6 is 0 Å². The molecule has 3 heteroatoms. The lowest BCUT2D eigenvalue weighted by atomic mass is 9.72. The molecule has 0 amide bonds.